The van der Waals surface area contributed by atoms with Crippen molar-refractivity contribution < 1.29 is 19.0 Å². The Kier molecular flexibility index (Phi) is 6.77. The molecule has 0 saturated heterocycles. The van der Waals surface area contributed by atoms with Crippen LogP contribution in [0.15, 0.2) is 36.4 Å². The van der Waals surface area contributed by atoms with E-state index in [4.69, 9.17) is 25.8 Å². The van der Waals surface area contributed by atoms with Crippen LogP contribution in [0.5, 0.6) is 17.2 Å². The summed E-state index contributed by atoms with van der Waals surface area (Å²) in [6.07, 6.45) is 0.664. The molecule has 7 heteroatoms. The number of methoxy groups -OCH3 is 3. The first kappa shape index (κ1) is 18.7. The number of carbonyl (C=O) groups excluding carboxylic acids is 1. The van der Waals surface area contributed by atoms with Crippen LogP contribution < -0.4 is 24.8 Å². The molecule has 2 aromatic rings. The molecule has 2 aromatic carbocycles. The van der Waals surface area contributed by atoms with E-state index >= 15 is 0 Å². The highest BCUT2D eigenvalue weighted by Gasteiger charge is 2.07. The van der Waals surface area contributed by atoms with E-state index in [0.717, 1.165) is 5.56 Å². The van der Waals surface area contributed by atoms with Crippen molar-refractivity contribution in [2.45, 2.75) is 6.42 Å². The Bertz CT molecular complexity index is 737. The third-order valence-corrected chi connectivity index (χ3v) is 3.85. The predicted octanol–water partition coefficient (Wildman–Crippen LogP) is 3.73. The molecular weight excluding hydrogens is 344 g/mol. The van der Waals surface area contributed by atoms with Gasteiger partial charge in [-0.15, -0.1) is 0 Å². The van der Waals surface area contributed by atoms with Gasteiger partial charge in [-0.25, -0.2) is 4.79 Å². The van der Waals surface area contributed by atoms with Gasteiger partial charge in [0, 0.05) is 12.2 Å². The number of hydrogen-bond donors (Lipinski definition) is 2. The molecule has 2 N–H and O–H groups in total. The van der Waals surface area contributed by atoms with Gasteiger partial charge in [-0.05, 0) is 42.3 Å². The summed E-state index contributed by atoms with van der Waals surface area (Å²) in [5.74, 6) is 1.90. The third kappa shape index (κ3) is 5.19. The molecular formula is C18H21ClN2O4. The molecule has 0 aliphatic carbocycles. The number of urea groups is 1. The molecule has 2 amide bonds. The van der Waals surface area contributed by atoms with Crippen LogP contribution in [-0.2, 0) is 6.42 Å². The maximum Gasteiger partial charge on any atom is 0.319 e. The largest absolute Gasteiger partial charge is 0.495 e. The van der Waals surface area contributed by atoms with Crippen molar-refractivity contribution in [3.8, 4) is 17.2 Å². The van der Waals surface area contributed by atoms with Gasteiger partial charge < -0.3 is 24.8 Å². The number of ether oxygens (including phenoxy) is 3. The summed E-state index contributed by atoms with van der Waals surface area (Å²) in [6.45, 7) is 0.477. The number of hydrogen-bond acceptors (Lipinski definition) is 4. The Balaban J connectivity index is 1.85. The number of carbonyl (C=O) groups is 1. The summed E-state index contributed by atoms with van der Waals surface area (Å²) in [5, 5.41) is 5.96. The number of nitrogens with one attached hydrogen (secondary N) is 2. The van der Waals surface area contributed by atoms with Crippen LogP contribution >= 0.6 is 11.6 Å². The summed E-state index contributed by atoms with van der Waals surface area (Å²) in [6, 6.07) is 10.4. The lowest BCUT2D eigenvalue weighted by Gasteiger charge is -2.11. The fourth-order valence-corrected chi connectivity index (χ4v) is 2.53. The molecule has 0 radical (unpaired) electrons. The standard InChI is InChI=1S/C18H21ClN2O4/c1-23-15-7-5-13(11-14(15)19)21-18(22)20-9-8-12-4-6-16(24-2)17(10-12)25-3/h4-7,10-11H,8-9H2,1-3H3,(H2,20,21,22). The Morgan fingerprint density at radius 1 is 0.960 bits per heavy atom. The van der Waals surface area contributed by atoms with Gasteiger partial charge in [0.15, 0.2) is 11.5 Å². The maximum absolute atomic E-state index is 12.0. The van der Waals surface area contributed by atoms with Gasteiger partial charge in [0.2, 0.25) is 0 Å². The second-order valence-corrected chi connectivity index (χ2v) is 5.58. The summed E-state index contributed by atoms with van der Waals surface area (Å²) in [4.78, 5) is 12.0. The highest BCUT2D eigenvalue weighted by Crippen LogP contribution is 2.28. The van der Waals surface area contributed by atoms with Gasteiger partial charge in [-0.1, -0.05) is 17.7 Å². The number of anilines is 1. The Morgan fingerprint density at radius 2 is 1.64 bits per heavy atom. The van der Waals surface area contributed by atoms with Crippen LogP contribution in [0.3, 0.4) is 0 Å². The summed E-state index contributed by atoms with van der Waals surface area (Å²) in [7, 11) is 4.72. The van der Waals surface area contributed by atoms with E-state index in [1.807, 2.05) is 18.2 Å². The first-order valence-corrected chi connectivity index (χ1v) is 8.04. The van der Waals surface area contributed by atoms with Crippen LogP contribution in [0.25, 0.3) is 0 Å². The van der Waals surface area contributed by atoms with Crippen molar-refractivity contribution in [2.24, 2.45) is 0 Å². The van der Waals surface area contributed by atoms with Crippen LogP contribution in [0.1, 0.15) is 5.56 Å². The van der Waals surface area contributed by atoms with E-state index in [2.05, 4.69) is 10.6 Å². The smallest absolute Gasteiger partial charge is 0.319 e. The van der Waals surface area contributed by atoms with Crippen molar-refractivity contribution >= 4 is 23.3 Å². The molecule has 0 aromatic heterocycles. The summed E-state index contributed by atoms with van der Waals surface area (Å²) >= 11 is 6.03. The number of rotatable bonds is 7. The molecule has 0 bridgehead atoms. The van der Waals surface area contributed by atoms with Gasteiger partial charge >= 0.3 is 6.03 Å². The number of halogens is 1. The minimum absolute atomic E-state index is 0.304. The lowest BCUT2D eigenvalue weighted by molar-refractivity contribution is 0.252. The lowest BCUT2D eigenvalue weighted by Crippen LogP contribution is -2.30. The van der Waals surface area contributed by atoms with Gasteiger partial charge in [0.25, 0.3) is 0 Å². The second kappa shape index (κ2) is 9.03. The average molecular weight is 365 g/mol. The van der Waals surface area contributed by atoms with Gasteiger partial charge in [-0.2, -0.15) is 0 Å². The van der Waals surface area contributed by atoms with Crippen molar-refractivity contribution in [1.82, 2.24) is 5.32 Å². The SMILES string of the molecule is COc1ccc(NC(=O)NCCc2ccc(OC)c(OC)c2)cc1Cl. The normalized spacial score (nSPS) is 10.1. The Morgan fingerprint density at radius 3 is 2.28 bits per heavy atom. The quantitative estimate of drug-likeness (QED) is 0.785. The molecule has 0 unspecified atom stereocenters. The average Bonchev–Trinajstić information content (AvgIpc) is 2.61. The van der Waals surface area contributed by atoms with Crippen LogP contribution in [0, 0.1) is 0 Å². The highest BCUT2D eigenvalue weighted by atomic mass is 35.5. The van der Waals surface area contributed by atoms with E-state index < -0.39 is 0 Å². The predicted molar refractivity (Wildman–Crippen MR) is 98.3 cm³/mol. The second-order valence-electron chi connectivity index (χ2n) is 5.17. The Labute approximate surface area is 152 Å². The van der Waals surface area contributed by atoms with E-state index in [1.54, 1.807) is 32.4 Å². The lowest BCUT2D eigenvalue weighted by atomic mass is 10.1. The first-order chi connectivity index (χ1) is 12.1. The molecule has 0 spiro atoms. The van der Waals surface area contributed by atoms with E-state index in [0.29, 0.717) is 40.9 Å². The first-order valence-electron chi connectivity index (χ1n) is 7.66. The van der Waals surface area contributed by atoms with E-state index in [-0.39, 0.29) is 6.03 Å². The van der Waals surface area contributed by atoms with Crippen molar-refractivity contribution in [3.05, 3.63) is 47.0 Å². The van der Waals surface area contributed by atoms with Gasteiger partial charge in [0.1, 0.15) is 5.75 Å². The molecule has 0 fully saturated rings. The van der Waals surface area contributed by atoms with Crippen LogP contribution in [-0.4, -0.2) is 33.9 Å². The molecule has 6 nitrogen and oxygen atoms in total. The fraction of sp³-hybridized carbons (Fsp3) is 0.278. The van der Waals surface area contributed by atoms with E-state index in [1.165, 1.54) is 7.11 Å². The van der Waals surface area contributed by atoms with Crippen LogP contribution in [0.4, 0.5) is 10.5 Å². The maximum atomic E-state index is 12.0. The minimum atomic E-state index is -0.304. The molecule has 25 heavy (non-hydrogen) atoms. The zero-order chi connectivity index (χ0) is 18.2. The van der Waals surface area contributed by atoms with Gasteiger partial charge in [-0.3, -0.25) is 0 Å². The van der Waals surface area contributed by atoms with Crippen LogP contribution in [0.2, 0.25) is 5.02 Å². The highest BCUT2D eigenvalue weighted by molar-refractivity contribution is 6.32. The molecule has 0 aliphatic heterocycles. The summed E-state index contributed by atoms with van der Waals surface area (Å²) in [5.41, 5.74) is 1.62. The van der Waals surface area contributed by atoms with E-state index in [9.17, 15) is 4.79 Å². The zero-order valence-electron chi connectivity index (χ0n) is 14.4. The molecule has 134 valence electrons. The monoisotopic (exact) mass is 364 g/mol. The molecule has 0 saturated carbocycles. The molecule has 0 atom stereocenters. The zero-order valence-corrected chi connectivity index (χ0v) is 15.1. The van der Waals surface area contributed by atoms with Gasteiger partial charge in [0.05, 0.1) is 26.4 Å². The van der Waals surface area contributed by atoms with Crippen molar-refractivity contribution in [3.63, 3.8) is 0 Å². The number of amides is 2. The topological polar surface area (TPSA) is 68.8 Å². The Hall–Kier alpha value is -2.60. The third-order valence-electron chi connectivity index (χ3n) is 3.56. The molecule has 2 rings (SSSR count). The van der Waals surface area contributed by atoms with Crippen molar-refractivity contribution in [2.75, 3.05) is 33.2 Å². The molecule has 0 aliphatic rings. The summed E-state index contributed by atoms with van der Waals surface area (Å²) < 4.78 is 15.5. The molecule has 0 heterocycles. The minimum Gasteiger partial charge on any atom is -0.495 e. The fourth-order valence-electron chi connectivity index (χ4n) is 2.28. The van der Waals surface area contributed by atoms with Crippen molar-refractivity contribution in [1.29, 1.82) is 0 Å². The number of benzene rings is 2.